The highest BCUT2D eigenvalue weighted by molar-refractivity contribution is 4.97. The van der Waals surface area contributed by atoms with Gasteiger partial charge in [-0.25, -0.2) is 0 Å². The molecule has 9 saturated carbocycles. The molecule has 0 spiro atoms. The standard InChI is InChI=1S/C11H22.C9H16.3C9H18.3C8H16.8CH4/c1-9-10(2,3)7-6-8-11(9,4)5;1-7-5-8-3-4-9(7,2)6-8;1-8-4-6-9(2,3)7-5-8;1-8-6-4-5-7-9(8,2)3;1-7-5-4-6-8(2)9(7)3;1-6(2)8-4-7(3)5-8;1-8(2,3)7-5-4-6-7;1-3-7(2)8-5-4-6-8;;;;;;;;/h9H,6-8H2,1-5H3;7-8H,3-6H2,1-2H3;2*8H,4-7H2,1-3H3;7-9H,4-6H2,1-3H3;6-8H,4-5H2,1-3H3;7H,4-6H2,1-3H3;7-8H,3-6H2,1-2H3;8*1H4/t;7-,8?,9?;;8-;;;;;;;;;;;;/m.0.1............/s1. The van der Waals surface area contributed by atoms with Gasteiger partial charge in [0.05, 0.1) is 0 Å². The van der Waals surface area contributed by atoms with Gasteiger partial charge in [-0.15, -0.1) is 0 Å². The maximum atomic E-state index is 2.48. The van der Waals surface area contributed by atoms with Crippen LogP contribution in [0.2, 0.25) is 0 Å². The summed E-state index contributed by atoms with van der Waals surface area (Å²) in [4.78, 5) is 0. The summed E-state index contributed by atoms with van der Waals surface area (Å²) in [5.74, 6) is 14.0. The second-order valence-electron chi connectivity index (χ2n) is 32.8. The Labute approximate surface area is 511 Å². The van der Waals surface area contributed by atoms with Gasteiger partial charge in [0.1, 0.15) is 0 Å². The lowest BCUT2D eigenvalue weighted by Gasteiger charge is -2.47. The van der Waals surface area contributed by atoms with Crippen molar-refractivity contribution in [2.75, 3.05) is 0 Å². The molecule has 0 aromatic rings. The zero-order valence-corrected chi connectivity index (χ0v) is 54.2. The summed E-state index contributed by atoms with van der Waals surface area (Å²) < 4.78 is 0. The molecule has 79 heavy (non-hydrogen) atoms. The predicted octanol–water partition coefficient (Wildman–Crippen LogP) is 29.7. The molecule has 7 atom stereocenters. The Kier molecular flexibility index (Phi) is 49.2. The fraction of sp³-hybridized carbons (Fsp3) is 1.00. The first-order valence-corrected chi connectivity index (χ1v) is 32.7. The minimum Gasteiger partial charge on any atom is -0.0776 e. The van der Waals surface area contributed by atoms with Gasteiger partial charge in [-0.05, 0) is 199 Å². The molecule has 0 heterocycles. The van der Waals surface area contributed by atoms with E-state index in [1.54, 1.807) is 0 Å². The average molecular weight is 1120 g/mol. The van der Waals surface area contributed by atoms with Crippen molar-refractivity contribution >= 4 is 0 Å². The van der Waals surface area contributed by atoms with E-state index in [4.69, 9.17) is 0 Å². The van der Waals surface area contributed by atoms with Crippen LogP contribution in [0.5, 0.6) is 0 Å². The van der Waals surface area contributed by atoms with Gasteiger partial charge >= 0.3 is 0 Å². The van der Waals surface area contributed by atoms with E-state index < -0.39 is 0 Å². The quantitative estimate of drug-likeness (QED) is 0.264. The highest BCUT2D eigenvalue weighted by Gasteiger charge is 2.46. The Bertz CT molecular complexity index is 1330. The molecule has 9 aliphatic rings. The van der Waals surface area contributed by atoms with E-state index >= 15 is 0 Å². The fourth-order valence-electron chi connectivity index (χ4n) is 14.5. The van der Waals surface area contributed by atoms with Crippen LogP contribution in [0.3, 0.4) is 0 Å². The van der Waals surface area contributed by atoms with Gasteiger partial charge in [0.15, 0.2) is 0 Å². The van der Waals surface area contributed by atoms with E-state index in [0.29, 0.717) is 27.1 Å². The van der Waals surface area contributed by atoms with E-state index in [0.717, 1.165) is 88.3 Å². The predicted molar refractivity (Wildman–Crippen MR) is 378 cm³/mol. The molecule has 0 heteroatoms. The molecule has 2 bridgehead atoms. The Morgan fingerprint density at radius 3 is 1.06 bits per heavy atom. The lowest BCUT2D eigenvalue weighted by atomic mass is 9.58. The molecule has 0 aromatic heterocycles. The highest BCUT2D eigenvalue weighted by atomic mass is 14.5. The molecule has 9 aliphatic carbocycles. The van der Waals surface area contributed by atoms with Crippen molar-refractivity contribution < 1.29 is 0 Å². The van der Waals surface area contributed by atoms with Crippen molar-refractivity contribution in [3.63, 3.8) is 0 Å². The van der Waals surface area contributed by atoms with Crippen LogP contribution in [0.25, 0.3) is 0 Å². The zero-order valence-electron chi connectivity index (χ0n) is 54.2. The van der Waals surface area contributed by atoms with Crippen LogP contribution in [0, 0.1) is 115 Å². The van der Waals surface area contributed by atoms with E-state index in [1.807, 2.05) is 0 Å². The maximum absolute atomic E-state index is 2.48. The summed E-state index contributed by atoms with van der Waals surface area (Å²) in [6, 6.07) is 0. The average Bonchev–Trinajstić information content (AvgIpc) is 3.74. The van der Waals surface area contributed by atoms with E-state index in [-0.39, 0.29) is 59.4 Å². The summed E-state index contributed by atoms with van der Waals surface area (Å²) >= 11 is 0. The Balaban J connectivity index is -0.000000148. The molecule has 0 aliphatic heterocycles. The number of hydrogen-bond donors (Lipinski definition) is 0. The van der Waals surface area contributed by atoms with Crippen LogP contribution >= 0.6 is 0 Å². The SMILES string of the molecule is C.C.C.C.C.C.C.C.CC(C)(C)C1CCC1.CC1C(C)(C)CCCC1(C)C.CC1CC(C(C)C)C1.CC1CCC(C)(C)CC1.CC1CCCC(C)C1C.CCC(C)C1CCC1.C[C@@H]1CCCCC1(C)C.C[C@H]1CC2CCC1(C)C2. The molecule has 488 valence electrons. The molecular formula is C79H172. The van der Waals surface area contributed by atoms with Crippen molar-refractivity contribution in [1.29, 1.82) is 0 Å². The van der Waals surface area contributed by atoms with Crippen molar-refractivity contribution in [3.05, 3.63) is 0 Å². The topological polar surface area (TPSA) is 0 Å². The molecule has 0 amide bonds. The normalized spacial score (nSPS) is 31.6. The van der Waals surface area contributed by atoms with Gasteiger partial charge in [0.25, 0.3) is 0 Å². The minimum atomic E-state index is 0. The molecule has 5 unspecified atom stereocenters. The van der Waals surface area contributed by atoms with Crippen molar-refractivity contribution in [1.82, 2.24) is 0 Å². The van der Waals surface area contributed by atoms with Crippen LogP contribution in [0.4, 0.5) is 0 Å². The second-order valence-corrected chi connectivity index (χ2v) is 32.8. The first-order valence-electron chi connectivity index (χ1n) is 32.7. The molecular weight excluding hydrogens is 949 g/mol. The largest absolute Gasteiger partial charge is 0.0776 e. The van der Waals surface area contributed by atoms with Gasteiger partial charge in [0, 0.05) is 0 Å². The molecule has 9 fully saturated rings. The number of rotatable bonds is 3. The van der Waals surface area contributed by atoms with Crippen LogP contribution in [0.15, 0.2) is 0 Å². The summed E-state index contributed by atoms with van der Waals surface area (Å²) in [5.41, 5.74) is 3.80. The molecule has 0 aromatic carbocycles. The Morgan fingerprint density at radius 2 is 0.861 bits per heavy atom. The first kappa shape index (κ1) is 92.7. The smallest absolute Gasteiger partial charge is 0.0297 e. The highest BCUT2D eigenvalue weighted by Crippen LogP contribution is 2.57. The Hall–Kier alpha value is 0. The number of hydrogen-bond acceptors (Lipinski definition) is 0. The second kappa shape index (κ2) is 41.9. The molecule has 0 N–H and O–H groups in total. The fourth-order valence-corrected chi connectivity index (χ4v) is 14.5. The third kappa shape index (κ3) is 32.9. The summed E-state index contributed by atoms with van der Waals surface area (Å²) in [6.45, 7) is 57.2. The summed E-state index contributed by atoms with van der Waals surface area (Å²) in [5, 5.41) is 0. The van der Waals surface area contributed by atoms with Crippen LogP contribution in [-0.2, 0) is 0 Å². The first-order chi connectivity index (χ1) is 32.7. The van der Waals surface area contributed by atoms with Crippen LogP contribution in [-0.4, -0.2) is 0 Å². The maximum Gasteiger partial charge on any atom is -0.0297 e. The minimum absolute atomic E-state index is 0. The zero-order chi connectivity index (χ0) is 54.2. The lowest BCUT2D eigenvalue weighted by Crippen LogP contribution is -2.38. The van der Waals surface area contributed by atoms with Gasteiger partial charge in [0.2, 0.25) is 0 Å². The van der Waals surface area contributed by atoms with Crippen molar-refractivity contribution in [2.24, 2.45) is 115 Å². The van der Waals surface area contributed by atoms with E-state index in [9.17, 15) is 0 Å². The van der Waals surface area contributed by atoms with E-state index in [1.165, 1.54) is 173 Å². The lowest BCUT2D eigenvalue weighted by molar-refractivity contribution is 0.0286. The van der Waals surface area contributed by atoms with Gasteiger partial charge in [-0.2, -0.15) is 0 Å². The summed E-state index contributed by atoms with van der Waals surface area (Å²) in [7, 11) is 0. The number of fused-ring (bicyclic) bond motifs is 2. The molecule has 0 radical (unpaired) electrons. The third-order valence-electron chi connectivity index (χ3n) is 23.8. The van der Waals surface area contributed by atoms with E-state index in [2.05, 4.69) is 166 Å². The van der Waals surface area contributed by atoms with Gasteiger partial charge in [-0.1, -0.05) is 315 Å². The molecule has 0 saturated heterocycles. The monoisotopic (exact) mass is 1120 g/mol. The van der Waals surface area contributed by atoms with Crippen LogP contribution < -0.4 is 0 Å². The van der Waals surface area contributed by atoms with Crippen LogP contribution in [0.1, 0.15) is 399 Å². The van der Waals surface area contributed by atoms with Crippen molar-refractivity contribution in [2.45, 2.75) is 399 Å². The third-order valence-corrected chi connectivity index (χ3v) is 23.8. The van der Waals surface area contributed by atoms with Gasteiger partial charge < -0.3 is 0 Å². The molecule has 9 rings (SSSR count). The van der Waals surface area contributed by atoms with Gasteiger partial charge in [-0.3, -0.25) is 0 Å². The van der Waals surface area contributed by atoms with Crippen molar-refractivity contribution in [3.8, 4) is 0 Å². The Morgan fingerprint density at radius 1 is 0.418 bits per heavy atom. The summed E-state index contributed by atoms with van der Waals surface area (Å²) in [6.07, 6.45) is 39.6. The molecule has 0 nitrogen and oxygen atoms in total.